The quantitative estimate of drug-likeness (QED) is 0.174. The van der Waals surface area contributed by atoms with E-state index in [1.165, 1.54) is 77.5 Å². The number of hydrogen-bond donors (Lipinski definition) is 0. The zero-order valence-corrected chi connectivity index (χ0v) is 33.9. The number of hydrogen-bond acceptors (Lipinski definition) is 2. The lowest BCUT2D eigenvalue weighted by Gasteiger charge is -2.28. The molecule has 2 aromatic heterocycles. The highest BCUT2D eigenvalue weighted by Gasteiger charge is 2.31. The summed E-state index contributed by atoms with van der Waals surface area (Å²) in [5, 5.41) is 3.44. The van der Waals surface area contributed by atoms with Crippen molar-refractivity contribution in [2.75, 3.05) is 0 Å². The van der Waals surface area contributed by atoms with Gasteiger partial charge in [0.1, 0.15) is 0 Å². The summed E-state index contributed by atoms with van der Waals surface area (Å²) in [6, 6.07) is 77.7. The fourth-order valence-electron chi connectivity index (χ4n) is 10.7. The van der Waals surface area contributed by atoms with Crippen LogP contribution in [0.3, 0.4) is 0 Å². The molecule has 0 saturated carbocycles. The van der Waals surface area contributed by atoms with E-state index >= 15 is 0 Å². The van der Waals surface area contributed by atoms with Gasteiger partial charge in [0, 0.05) is 33.6 Å². The maximum atomic E-state index is 5.45. The second-order valence-corrected chi connectivity index (χ2v) is 16.8. The Bertz CT molecular complexity index is 3550. The molecule has 3 heteroatoms. The average molecular weight is 790 g/mol. The highest BCUT2D eigenvalue weighted by atomic mass is 15.2. The summed E-state index contributed by atoms with van der Waals surface area (Å²) in [5.41, 5.74) is 20.8. The lowest BCUT2D eigenvalue weighted by Crippen LogP contribution is -2.13. The number of fused-ring (bicyclic) bond motifs is 10. The number of benzene rings is 9. The van der Waals surface area contributed by atoms with Gasteiger partial charge < -0.3 is 0 Å². The summed E-state index contributed by atoms with van der Waals surface area (Å²) < 4.78 is 2.31. The minimum absolute atomic E-state index is 0.218. The van der Waals surface area contributed by atoms with Gasteiger partial charge in [-0.15, -0.1) is 0 Å². The Labute approximate surface area is 360 Å². The van der Waals surface area contributed by atoms with E-state index in [0.29, 0.717) is 5.95 Å². The van der Waals surface area contributed by atoms with Gasteiger partial charge >= 0.3 is 0 Å². The van der Waals surface area contributed by atoms with E-state index < -0.39 is 0 Å². The van der Waals surface area contributed by atoms with E-state index in [-0.39, 0.29) is 11.8 Å². The predicted molar refractivity (Wildman–Crippen MR) is 255 cm³/mol. The number of para-hydroxylation sites is 1. The second-order valence-electron chi connectivity index (χ2n) is 16.8. The van der Waals surface area contributed by atoms with Crippen LogP contribution in [-0.4, -0.2) is 14.5 Å². The zero-order valence-electron chi connectivity index (χ0n) is 33.9. The Morgan fingerprint density at radius 1 is 0.387 bits per heavy atom. The van der Waals surface area contributed by atoms with Gasteiger partial charge in [-0.25, -0.2) is 9.97 Å². The van der Waals surface area contributed by atoms with E-state index in [2.05, 4.69) is 217 Å². The van der Waals surface area contributed by atoms with Gasteiger partial charge in [0.2, 0.25) is 5.95 Å². The molecule has 0 bridgehead atoms. The van der Waals surface area contributed by atoms with Crippen molar-refractivity contribution in [2.45, 2.75) is 18.3 Å². The molecule has 2 unspecified atom stereocenters. The molecule has 2 atom stereocenters. The SMILES string of the molecule is c1ccc(-c2nc(-n3c4ccc(-c5ccc6c(c5)-c5ccccc5C6c5ccccc5)cc4c4cc5c(cc43)-c3ccccc3C(c3ccccc3)C5)nc3ccccc23)cc1. The molecular formula is C59H39N3. The smallest absolute Gasteiger partial charge is 0.235 e. The first kappa shape index (κ1) is 34.9. The molecule has 3 nitrogen and oxygen atoms in total. The van der Waals surface area contributed by atoms with Gasteiger partial charge in [0.15, 0.2) is 0 Å². The molecule has 0 spiro atoms. The molecule has 13 rings (SSSR count). The van der Waals surface area contributed by atoms with Gasteiger partial charge in [-0.2, -0.15) is 0 Å². The molecule has 290 valence electrons. The molecule has 0 fully saturated rings. The van der Waals surface area contributed by atoms with Crippen molar-refractivity contribution in [3.8, 4) is 50.6 Å². The third-order valence-corrected chi connectivity index (χ3v) is 13.5. The summed E-state index contributed by atoms with van der Waals surface area (Å²) in [6.07, 6.45) is 0.927. The lowest BCUT2D eigenvalue weighted by molar-refractivity contribution is 0.795. The standard InChI is InChI=1S/C59H39N3/c1-4-16-37(17-5-1)49-34-42-35-53-52-33-41(40-28-30-47-51(32-40)45-24-12-13-25-46(45)57(47)38-18-6-2-7-19-38)29-31-55(52)62(56(53)36-50(42)44-23-11-10-22-43(44)49)59-60-54-27-15-14-26-48(54)58(61-59)39-20-8-3-9-21-39/h1-33,35-36,49,57H,34H2. The minimum Gasteiger partial charge on any atom is -0.278 e. The highest BCUT2D eigenvalue weighted by molar-refractivity contribution is 6.12. The summed E-state index contributed by atoms with van der Waals surface area (Å²) in [5.74, 6) is 1.16. The fourth-order valence-corrected chi connectivity index (χ4v) is 10.7. The van der Waals surface area contributed by atoms with Gasteiger partial charge in [0.05, 0.1) is 22.2 Å². The molecule has 0 aliphatic heterocycles. The molecule has 62 heavy (non-hydrogen) atoms. The summed E-state index contributed by atoms with van der Waals surface area (Å²) in [6.45, 7) is 0. The molecule has 0 radical (unpaired) electrons. The van der Waals surface area contributed by atoms with E-state index in [4.69, 9.17) is 9.97 Å². The Balaban J connectivity index is 1.05. The van der Waals surface area contributed by atoms with Crippen LogP contribution in [-0.2, 0) is 6.42 Å². The maximum absolute atomic E-state index is 5.45. The van der Waals surface area contributed by atoms with Crippen LogP contribution >= 0.6 is 0 Å². The molecule has 9 aromatic carbocycles. The Morgan fingerprint density at radius 2 is 1.00 bits per heavy atom. The Morgan fingerprint density at radius 3 is 1.81 bits per heavy atom. The molecule has 0 saturated heterocycles. The van der Waals surface area contributed by atoms with Gasteiger partial charge in [-0.05, 0) is 110 Å². The van der Waals surface area contributed by atoms with Crippen LogP contribution in [0, 0.1) is 0 Å². The number of rotatable bonds is 5. The number of aromatic nitrogens is 3. The Kier molecular flexibility index (Phi) is 7.80. The number of nitrogens with zero attached hydrogens (tertiary/aromatic N) is 3. The minimum atomic E-state index is 0.218. The third-order valence-electron chi connectivity index (χ3n) is 13.5. The largest absolute Gasteiger partial charge is 0.278 e. The van der Waals surface area contributed by atoms with Crippen LogP contribution in [0.15, 0.2) is 212 Å². The lowest BCUT2D eigenvalue weighted by atomic mass is 9.75. The molecule has 0 N–H and O–H groups in total. The first-order chi connectivity index (χ1) is 30.7. The molecular weight excluding hydrogens is 751 g/mol. The molecule has 2 aliphatic carbocycles. The molecule has 2 heterocycles. The topological polar surface area (TPSA) is 30.7 Å². The monoisotopic (exact) mass is 789 g/mol. The van der Waals surface area contributed by atoms with Crippen molar-refractivity contribution < 1.29 is 0 Å². The van der Waals surface area contributed by atoms with Crippen LogP contribution < -0.4 is 0 Å². The van der Waals surface area contributed by atoms with Crippen LogP contribution in [0.5, 0.6) is 0 Å². The van der Waals surface area contributed by atoms with Crippen molar-refractivity contribution in [1.29, 1.82) is 0 Å². The van der Waals surface area contributed by atoms with E-state index in [9.17, 15) is 0 Å². The van der Waals surface area contributed by atoms with Gasteiger partial charge in [-0.3, -0.25) is 4.57 Å². The van der Waals surface area contributed by atoms with Crippen LogP contribution in [0.4, 0.5) is 0 Å². The summed E-state index contributed by atoms with van der Waals surface area (Å²) >= 11 is 0. The van der Waals surface area contributed by atoms with Crippen molar-refractivity contribution in [3.05, 3.63) is 246 Å². The second kappa shape index (κ2) is 13.8. The third kappa shape index (κ3) is 5.38. The van der Waals surface area contributed by atoms with E-state index in [0.717, 1.165) is 39.6 Å². The Hall–Kier alpha value is -7.88. The van der Waals surface area contributed by atoms with E-state index in [1.807, 2.05) is 0 Å². The van der Waals surface area contributed by atoms with Crippen molar-refractivity contribution in [3.63, 3.8) is 0 Å². The molecule has 0 amide bonds. The zero-order chi connectivity index (χ0) is 40.7. The maximum Gasteiger partial charge on any atom is 0.235 e. The fraction of sp³-hybridized carbons (Fsp3) is 0.0508. The van der Waals surface area contributed by atoms with Gasteiger partial charge in [-0.1, -0.05) is 176 Å². The summed E-state index contributed by atoms with van der Waals surface area (Å²) in [7, 11) is 0. The van der Waals surface area contributed by atoms with Crippen molar-refractivity contribution in [2.24, 2.45) is 0 Å². The normalized spacial score (nSPS) is 15.0. The molecule has 2 aliphatic rings. The van der Waals surface area contributed by atoms with Crippen LogP contribution in [0.1, 0.15) is 45.2 Å². The average Bonchev–Trinajstić information content (AvgIpc) is 3.85. The summed E-state index contributed by atoms with van der Waals surface area (Å²) in [4.78, 5) is 10.8. The molecule has 11 aromatic rings. The van der Waals surface area contributed by atoms with Crippen LogP contribution in [0.25, 0.3) is 83.3 Å². The van der Waals surface area contributed by atoms with E-state index in [1.54, 1.807) is 0 Å². The van der Waals surface area contributed by atoms with Crippen LogP contribution in [0.2, 0.25) is 0 Å². The van der Waals surface area contributed by atoms with Crippen molar-refractivity contribution in [1.82, 2.24) is 14.5 Å². The van der Waals surface area contributed by atoms with Crippen molar-refractivity contribution >= 4 is 32.7 Å². The van der Waals surface area contributed by atoms with Gasteiger partial charge in [0.25, 0.3) is 0 Å². The highest BCUT2D eigenvalue weighted by Crippen LogP contribution is 2.50. The first-order valence-electron chi connectivity index (χ1n) is 21.6. The predicted octanol–water partition coefficient (Wildman–Crippen LogP) is 14.6. The first-order valence-corrected chi connectivity index (χ1v) is 21.6.